The van der Waals surface area contributed by atoms with Gasteiger partial charge < -0.3 is 14.4 Å². The average Bonchev–Trinajstić information content (AvgIpc) is 3.55. The molecule has 3 heterocycles. The first-order chi connectivity index (χ1) is 16.7. The standard InChI is InChI=1S/C27H32N4O3/c1-33-23-10-5-9-22(17-23)26-25(20-31(28-26)18-21-7-3-2-4-8-21)27(32)30-14-12-29(13-15-30)19-24-11-6-16-34-24/h2-5,7-10,17,20,24H,6,11-16,18-19H2,1H3. The van der Waals surface area contributed by atoms with Crippen LogP contribution in [0.2, 0.25) is 0 Å². The minimum absolute atomic E-state index is 0.0360. The van der Waals surface area contributed by atoms with Crippen LogP contribution in [0.3, 0.4) is 0 Å². The predicted octanol–water partition coefficient (Wildman–Crippen LogP) is 3.54. The minimum atomic E-state index is 0.0360. The molecule has 2 fully saturated rings. The lowest BCUT2D eigenvalue weighted by Crippen LogP contribution is -2.50. The molecule has 0 N–H and O–H groups in total. The summed E-state index contributed by atoms with van der Waals surface area (Å²) in [5.41, 5.74) is 3.36. The van der Waals surface area contributed by atoms with E-state index in [0.29, 0.717) is 37.0 Å². The molecule has 7 heteroatoms. The molecule has 0 aliphatic carbocycles. The molecule has 2 aromatic carbocycles. The number of hydrogen-bond donors (Lipinski definition) is 0. The fraction of sp³-hybridized carbons (Fsp3) is 0.407. The monoisotopic (exact) mass is 460 g/mol. The number of benzene rings is 2. The Morgan fingerprint density at radius 3 is 2.65 bits per heavy atom. The van der Waals surface area contributed by atoms with E-state index >= 15 is 0 Å². The Kier molecular flexibility index (Phi) is 6.92. The first-order valence-electron chi connectivity index (χ1n) is 12.1. The smallest absolute Gasteiger partial charge is 0.257 e. The molecule has 1 unspecified atom stereocenters. The van der Waals surface area contributed by atoms with Gasteiger partial charge in [-0.1, -0.05) is 42.5 Å². The number of methoxy groups -OCH3 is 1. The normalized spacial score (nSPS) is 18.9. The Balaban J connectivity index is 1.36. The van der Waals surface area contributed by atoms with Crippen LogP contribution in [0.1, 0.15) is 28.8 Å². The number of nitrogens with zero attached hydrogens (tertiary/aromatic N) is 4. The van der Waals surface area contributed by atoms with Gasteiger partial charge in [-0.15, -0.1) is 0 Å². The number of ether oxygens (including phenoxy) is 2. The molecule has 2 saturated heterocycles. The van der Waals surface area contributed by atoms with E-state index in [1.54, 1.807) is 7.11 Å². The highest BCUT2D eigenvalue weighted by atomic mass is 16.5. The number of piperazine rings is 1. The SMILES string of the molecule is COc1cccc(-c2nn(Cc3ccccc3)cc2C(=O)N2CCN(CC3CCCO3)CC2)c1. The van der Waals surface area contributed by atoms with Crippen LogP contribution in [0.4, 0.5) is 0 Å². The van der Waals surface area contributed by atoms with Crippen molar-refractivity contribution in [2.45, 2.75) is 25.5 Å². The van der Waals surface area contributed by atoms with Crippen LogP contribution in [0.25, 0.3) is 11.3 Å². The van der Waals surface area contributed by atoms with E-state index in [2.05, 4.69) is 17.0 Å². The summed E-state index contributed by atoms with van der Waals surface area (Å²) in [6.07, 6.45) is 4.54. The Labute approximate surface area is 200 Å². The Morgan fingerprint density at radius 2 is 1.91 bits per heavy atom. The molecular formula is C27H32N4O3. The largest absolute Gasteiger partial charge is 0.497 e. The van der Waals surface area contributed by atoms with E-state index < -0.39 is 0 Å². The summed E-state index contributed by atoms with van der Waals surface area (Å²) < 4.78 is 13.1. The van der Waals surface area contributed by atoms with Crippen molar-refractivity contribution < 1.29 is 14.3 Å². The van der Waals surface area contributed by atoms with Crippen molar-refractivity contribution in [1.82, 2.24) is 19.6 Å². The highest BCUT2D eigenvalue weighted by molar-refractivity contribution is 6.00. The van der Waals surface area contributed by atoms with E-state index in [-0.39, 0.29) is 5.91 Å². The van der Waals surface area contributed by atoms with Crippen LogP contribution in [-0.4, -0.2) is 78.0 Å². The number of hydrogen-bond acceptors (Lipinski definition) is 5. The van der Waals surface area contributed by atoms with Crippen LogP contribution in [0.5, 0.6) is 5.75 Å². The number of carbonyl (C=O) groups excluding carboxylic acids is 1. The molecule has 0 radical (unpaired) electrons. The summed E-state index contributed by atoms with van der Waals surface area (Å²) >= 11 is 0. The highest BCUT2D eigenvalue weighted by Gasteiger charge is 2.28. The van der Waals surface area contributed by atoms with Gasteiger partial charge in [-0.2, -0.15) is 5.10 Å². The average molecular weight is 461 g/mol. The van der Waals surface area contributed by atoms with Gasteiger partial charge >= 0.3 is 0 Å². The van der Waals surface area contributed by atoms with E-state index in [9.17, 15) is 4.79 Å². The number of rotatable bonds is 7. The van der Waals surface area contributed by atoms with Crippen molar-refractivity contribution in [2.75, 3.05) is 46.4 Å². The summed E-state index contributed by atoms with van der Waals surface area (Å²) in [7, 11) is 1.65. The van der Waals surface area contributed by atoms with Crippen LogP contribution in [-0.2, 0) is 11.3 Å². The van der Waals surface area contributed by atoms with E-state index in [1.807, 2.05) is 58.2 Å². The quantitative estimate of drug-likeness (QED) is 0.540. The topological polar surface area (TPSA) is 59.8 Å². The second-order valence-electron chi connectivity index (χ2n) is 9.03. The van der Waals surface area contributed by atoms with Gasteiger partial charge in [-0.3, -0.25) is 14.4 Å². The van der Waals surface area contributed by atoms with Crippen molar-refractivity contribution in [2.24, 2.45) is 0 Å². The molecule has 0 saturated carbocycles. The molecule has 0 spiro atoms. The summed E-state index contributed by atoms with van der Waals surface area (Å²) in [4.78, 5) is 18.0. The number of aromatic nitrogens is 2. The lowest BCUT2D eigenvalue weighted by molar-refractivity contribution is 0.0433. The van der Waals surface area contributed by atoms with Crippen LogP contribution in [0.15, 0.2) is 60.8 Å². The van der Waals surface area contributed by atoms with Crippen molar-refractivity contribution in [3.63, 3.8) is 0 Å². The van der Waals surface area contributed by atoms with Gasteiger partial charge in [-0.25, -0.2) is 0 Å². The second-order valence-corrected chi connectivity index (χ2v) is 9.03. The third-order valence-corrected chi connectivity index (χ3v) is 6.67. The molecule has 34 heavy (non-hydrogen) atoms. The third kappa shape index (κ3) is 5.16. The van der Waals surface area contributed by atoms with E-state index in [1.165, 1.54) is 0 Å². The van der Waals surface area contributed by atoms with E-state index in [0.717, 1.165) is 56.0 Å². The fourth-order valence-corrected chi connectivity index (χ4v) is 4.79. The maximum atomic E-state index is 13.7. The highest BCUT2D eigenvalue weighted by Crippen LogP contribution is 2.27. The maximum absolute atomic E-state index is 13.7. The lowest BCUT2D eigenvalue weighted by atomic mass is 10.1. The summed E-state index contributed by atoms with van der Waals surface area (Å²) in [5, 5.41) is 4.84. The maximum Gasteiger partial charge on any atom is 0.257 e. The summed E-state index contributed by atoms with van der Waals surface area (Å²) in [6.45, 7) is 5.63. The number of amides is 1. The van der Waals surface area contributed by atoms with Gasteiger partial charge in [0.2, 0.25) is 0 Å². The van der Waals surface area contributed by atoms with Gasteiger partial charge in [0.05, 0.1) is 25.3 Å². The van der Waals surface area contributed by atoms with Crippen molar-refractivity contribution >= 4 is 5.91 Å². The number of carbonyl (C=O) groups is 1. The minimum Gasteiger partial charge on any atom is -0.497 e. The molecule has 5 rings (SSSR count). The molecule has 2 aliphatic rings. The predicted molar refractivity (Wildman–Crippen MR) is 131 cm³/mol. The zero-order valence-corrected chi connectivity index (χ0v) is 19.7. The van der Waals surface area contributed by atoms with Gasteiger partial charge in [0, 0.05) is 51.1 Å². The summed E-state index contributed by atoms with van der Waals surface area (Å²) in [6, 6.07) is 17.9. The fourth-order valence-electron chi connectivity index (χ4n) is 4.79. The van der Waals surface area contributed by atoms with Gasteiger partial charge in [-0.05, 0) is 30.5 Å². The van der Waals surface area contributed by atoms with Gasteiger partial charge in [0.25, 0.3) is 5.91 Å². The van der Waals surface area contributed by atoms with E-state index in [4.69, 9.17) is 14.6 Å². The van der Waals surface area contributed by atoms with Crippen LogP contribution in [0, 0.1) is 0 Å². The molecule has 1 amide bonds. The van der Waals surface area contributed by atoms with Crippen molar-refractivity contribution in [3.05, 3.63) is 71.9 Å². The van der Waals surface area contributed by atoms with Crippen molar-refractivity contribution in [3.8, 4) is 17.0 Å². The first-order valence-corrected chi connectivity index (χ1v) is 12.1. The molecule has 1 atom stereocenters. The molecular weight excluding hydrogens is 428 g/mol. The Hall–Kier alpha value is -3.16. The molecule has 3 aromatic rings. The zero-order chi connectivity index (χ0) is 23.3. The molecule has 7 nitrogen and oxygen atoms in total. The third-order valence-electron chi connectivity index (χ3n) is 6.67. The summed E-state index contributed by atoms with van der Waals surface area (Å²) in [5.74, 6) is 0.783. The lowest BCUT2D eigenvalue weighted by Gasteiger charge is -2.35. The molecule has 2 aliphatic heterocycles. The molecule has 0 bridgehead atoms. The second kappa shape index (κ2) is 10.4. The van der Waals surface area contributed by atoms with Crippen molar-refractivity contribution in [1.29, 1.82) is 0 Å². The first kappa shape index (κ1) is 22.6. The Morgan fingerprint density at radius 1 is 1.09 bits per heavy atom. The Bertz CT molecular complexity index is 1100. The zero-order valence-electron chi connectivity index (χ0n) is 19.7. The molecule has 1 aromatic heterocycles. The van der Waals surface area contributed by atoms with Crippen LogP contribution < -0.4 is 4.74 Å². The van der Waals surface area contributed by atoms with Gasteiger partial charge in [0.15, 0.2) is 0 Å². The molecule has 178 valence electrons. The van der Waals surface area contributed by atoms with Crippen LogP contribution >= 0.6 is 0 Å². The van der Waals surface area contributed by atoms with Gasteiger partial charge in [0.1, 0.15) is 11.4 Å².